The minimum atomic E-state index is 0.234. The van der Waals surface area contributed by atoms with Crippen molar-refractivity contribution in [2.24, 2.45) is 17.4 Å². The van der Waals surface area contributed by atoms with Crippen LogP contribution >= 0.6 is 0 Å². The van der Waals surface area contributed by atoms with Gasteiger partial charge in [-0.05, 0) is 58.0 Å². The van der Waals surface area contributed by atoms with Crippen molar-refractivity contribution in [3.8, 4) is 0 Å². The summed E-state index contributed by atoms with van der Waals surface area (Å²) in [6.45, 7) is 4.63. The van der Waals surface area contributed by atoms with Gasteiger partial charge in [0.2, 0.25) is 0 Å². The van der Waals surface area contributed by atoms with Crippen LogP contribution in [0.5, 0.6) is 0 Å². The Morgan fingerprint density at radius 3 is 2.71 bits per heavy atom. The zero-order chi connectivity index (χ0) is 12.3. The van der Waals surface area contributed by atoms with Gasteiger partial charge >= 0.3 is 0 Å². The number of hydrogen-bond donors (Lipinski definition) is 4. The second-order valence-corrected chi connectivity index (χ2v) is 5.91. The van der Waals surface area contributed by atoms with Crippen LogP contribution < -0.4 is 22.1 Å². The lowest BCUT2D eigenvalue weighted by Gasteiger charge is -2.38. The number of nitrogens with two attached hydrogens (primary N) is 2. The van der Waals surface area contributed by atoms with Crippen molar-refractivity contribution in [2.75, 3.05) is 13.1 Å². The molecule has 0 radical (unpaired) electrons. The fourth-order valence-corrected chi connectivity index (χ4v) is 3.23. The molecule has 0 aromatic rings. The first-order chi connectivity index (χ1) is 8.16. The molecule has 0 aromatic heterocycles. The van der Waals surface area contributed by atoms with E-state index in [1.54, 1.807) is 0 Å². The predicted molar refractivity (Wildman–Crippen MR) is 71.8 cm³/mol. The maximum atomic E-state index is 6.19. The summed E-state index contributed by atoms with van der Waals surface area (Å²) in [5.41, 5.74) is 12.1. The molecule has 17 heavy (non-hydrogen) atoms. The molecular weight excluding hydrogens is 212 g/mol. The van der Waals surface area contributed by atoms with Crippen LogP contribution in [0.25, 0.3) is 0 Å². The molecule has 2 fully saturated rings. The van der Waals surface area contributed by atoms with E-state index in [1.807, 2.05) is 0 Å². The van der Waals surface area contributed by atoms with E-state index in [-0.39, 0.29) is 6.04 Å². The molecule has 4 nitrogen and oxygen atoms in total. The number of piperidine rings is 1. The van der Waals surface area contributed by atoms with Gasteiger partial charge in [-0.2, -0.15) is 0 Å². The summed E-state index contributed by atoms with van der Waals surface area (Å²) in [6.07, 6.45) is 5.85. The van der Waals surface area contributed by atoms with E-state index in [4.69, 9.17) is 11.5 Å². The second kappa shape index (κ2) is 6.14. The maximum Gasteiger partial charge on any atom is 0.0222 e. The molecule has 5 unspecified atom stereocenters. The molecular formula is C13H28N4. The zero-order valence-corrected chi connectivity index (χ0v) is 11.0. The highest BCUT2D eigenvalue weighted by molar-refractivity contribution is 4.91. The SMILES string of the molecule is CC(NC1CCC(N)CC1N)C1CCCNC1. The molecule has 1 aliphatic carbocycles. The van der Waals surface area contributed by atoms with Crippen LogP contribution in [0.1, 0.15) is 39.0 Å². The summed E-state index contributed by atoms with van der Waals surface area (Å²) in [5.74, 6) is 0.756. The van der Waals surface area contributed by atoms with Gasteiger partial charge in [0.1, 0.15) is 0 Å². The lowest BCUT2D eigenvalue weighted by Crippen LogP contribution is -2.56. The van der Waals surface area contributed by atoms with Crippen molar-refractivity contribution in [2.45, 2.75) is 63.2 Å². The Morgan fingerprint density at radius 2 is 2.06 bits per heavy atom. The zero-order valence-electron chi connectivity index (χ0n) is 11.0. The maximum absolute atomic E-state index is 6.19. The van der Waals surface area contributed by atoms with Crippen molar-refractivity contribution in [3.05, 3.63) is 0 Å². The normalized spacial score (nSPS) is 41.1. The van der Waals surface area contributed by atoms with E-state index < -0.39 is 0 Å². The predicted octanol–water partition coefficient (Wildman–Crippen LogP) is 0.171. The Labute approximate surface area is 105 Å². The third-order valence-corrected chi connectivity index (χ3v) is 4.46. The molecule has 2 aliphatic rings. The molecule has 1 saturated carbocycles. The minimum absolute atomic E-state index is 0.234. The van der Waals surface area contributed by atoms with E-state index in [2.05, 4.69) is 17.6 Å². The Kier molecular flexibility index (Phi) is 4.79. The molecule has 0 aromatic carbocycles. The van der Waals surface area contributed by atoms with Crippen LogP contribution in [0.4, 0.5) is 0 Å². The summed E-state index contributed by atoms with van der Waals surface area (Å²) < 4.78 is 0. The third kappa shape index (κ3) is 3.65. The molecule has 1 heterocycles. The van der Waals surface area contributed by atoms with Gasteiger partial charge in [0.15, 0.2) is 0 Å². The highest BCUT2D eigenvalue weighted by Gasteiger charge is 2.29. The fraction of sp³-hybridized carbons (Fsp3) is 1.00. The Morgan fingerprint density at radius 1 is 1.24 bits per heavy atom. The lowest BCUT2D eigenvalue weighted by atomic mass is 9.85. The summed E-state index contributed by atoms with van der Waals surface area (Å²) in [6, 6.07) is 1.58. The van der Waals surface area contributed by atoms with Gasteiger partial charge < -0.3 is 22.1 Å². The first-order valence-electron chi connectivity index (χ1n) is 7.14. The summed E-state index contributed by atoms with van der Waals surface area (Å²) >= 11 is 0. The van der Waals surface area contributed by atoms with E-state index in [0.29, 0.717) is 18.1 Å². The highest BCUT2D eigenvalue weighted by atomic mass is 15.0. The summed E-state index contributed by atoms with van der Waals surface area (Å²) in [7, 11) is 0. The molecule has 0 spiro atoms. The third-order valence-electron chi connectivity index (χ3n) is 4.46. The minimum Gasteiger partial charge on any atom is -0.328 e. The van der Waals surface area contributed by atoms with Crippen molar-refractivity contribution >= 4 is 0 Å². The van der Waals surface area contributed by atoms with E-state index in [0.717, 1.165) is 31.7 Å². The molecule has 6 N–H and O–H groups in total. The van der Waals surface area contributed by atoms with Gasteiger partial charge in [-0.1, -0.05) is 0 Å². The van der Waals surface area contributed by atoms with Crippen molar-refractivity contribution in [1.82, 2.24) is 10.6 Å². The average Bonchev–Trinajstić information content (AvgIpc) is 2.34. The Hall–Kier alpha value is -0.160. The molecule has 100 valence electrons. The first-order valence-corrected chi connectivity index (χ1v) is 7.14. The van der Waals surface area contributed by atoms with Gasteiger partial charge in [-0.3, -0.25) is 0 Å². The van der Waals surface area contributed by atoms with Gasteiger partial charge in [0.25, 0.3) is 0 Å². The van der Waals surface area contributed by atoms with Crippen molar-refractivity contribution < 1.29 is 0 Å². The Balaban J connectivity index is 1.79. The van der Waals surface area contributed by atoms with E-state index >= 15 is 0 Å². The van der Waals surface area contributed by atoms with Crippen LogP contribution in [0, 0.1) is 5.92 Å². The molecule has 0 bridgehead atoms. The highest BCUT2D eigenvalue weighted by Crippen LogP contribution is 2.20. The van der Waals surface area contributed by atoms with Crippen molar-refractivity contribution in [1.29, 1.82) is 0 Å². The van der Waals surface area contributed by atoms with Gasteiger partial charge in [-0.15, -0.1) is 0 Å². The number of hydrogen-bond acceptors (Lipinski definition) is 4. The summed E-state index contributed by atoms with van der Waals surface area (Å²) in [5, 5.41) is 7.22. The van der Waals surface area contributed by atoms with Crippen LogP contribution in [-0.2, 0) is 0 Å². The number of nitrogens with one attached hydrogen (secondary N) is 2. The smallest absolute Gasteiger partial charge is 0.0222 e. The molecule has 4 heteroatoms. The largest absolute Gasteiger partial charge is 0.328 e. The van der Waals surface area contributed by atoms with Gasteiger partial charge in [0, 0.05) is 24.2 Å². The van der Waals surface area contributed by atoms with E-state index in [9.17, 15) is 0 Å². The monoisotopic (exact) mass is 240 g/mol. The lowest BCUT2D eigenvalue weighted by molar-refractivity contribution is 0.230. The quantitative estimate of drug-likeness (QED) is 0.567. The topological polar surface area (TPSA) is 76.1 Å². The standard InChI is InChI=1S/C13H28N4/c1-9(10-3-2-6-16-8-10)17-13-5-4-11(14)7-12(13)15/h9-13,16-17H,2-8,14-15H2,1H3. The molecule has 1 aliphatic heterocycles. The van der Waals surface area contributed by atoms with Crippen LogP contribution in [0.3, 0.4) is 0 Å². The van der Waals surface area contributed by atoms with Crippen molar-refractivity contribution in [3.63, 3.8) is 0 Å². The van der Waals surface area contributed by atoms with E-state index in [1.165, 1.54) is 19.4 Å². The van der Waals surface area contributed by atoms with Gasteiger partial charge in [0.05, 0.1) is 0 Å². The molecule has 5 atom stereocenters. The van der Waals surface area contributed by atoms with Gasteiger partial charge in [-0.25, -0.2) is 0 Å². The fourth-order valence-electron chi connectivity index (χ4n) is 3.23. The second-order valence-electron chi connectivity index (χ2n) is 5.91. The molecule has 2 rings (SSSR count). The van der Waals surface area contributed by atoms with Crippen LogP contribution in [0.2, 0.25) is 0 Å². The molecule has 0 amide bonds. The average molecular weight is 240 g/mol. The molecule has 1 saturated heterocycles. The van der Waals surface area contributed by atoms with Crippen LogP contribution in [-0.4, -0.2) is 37.3 Å². The van der Waals surface area contributed by atoms with Crippen LogP contribution in [0.15, 0.2) is 0 Å². The first kappa shape index (κ1) is 13.3. The number of rotatable bonds is 3. The Bertz CT molecular complexity index is 227. The summed E-state index contributed by atoms with van der Waals surface area (Å²) in [4.78, 5) is 0.